The largest absolute Gasteiger partial charge is 0.292 e. The van der Waals surface area contributed by atoms with Crippen LogP contribution in [0, 0.1) is 0 Å². The number of carbonyl (C=O) groups is 3. The second-order valence-corrected chi connectivity index (χ2v) is 9.33. The summed E-state index contributed by atoms with van der Waals surface area (Å²) < 4.78 is 2.31. The minimum Gasteiger partial charge on any atom is -0.292 e. The summed E-state index contributed by atoms with van der Waals surface area (Å²) in [5.74, 6) is -0.908. The summed E-state index contributed by atoms with van der Waals surface area (Å²) >= 11 is 3.39. The topological polar surface area (TPSA) is 69.0 Å². The van der Waals surface area contributed by atoms with Crippen LogP contribution in [0.2, 0.25) is 0 Å². The average molecular weight is 549 g/mol. The first-order valence-electron chi connectivity index (χ1n) is 11.7. The highest BCUT2D eigenvalue weighted by molar-refractivity contribution is 9.10. The Balaban J connectivity index is 1.73. The Morgan fingerprint density at radius 3 is 1.73 bits per heavy atom. The summed E-state index contributed by atoms with van der Waals surface area (Å²) in [4.78, 5) is 40.9. The number of ketones is 3. The highest BCUT2D eigenvalue weighted by Gasteiger charge is 2.30. The molecule has 0 saturated heterocycles. The fourth-order valence-electron chi connectivity index (χ4n) is 4.16. The van der Waals surface area contributed by atoms with Crippen molar-refractivity contribution in [2.24, 2.45) is 0 Å². The Bertz CT molecular complexity index is 1580. The van der Waals surface area contributed by atoms with Crippen LogP contribution >= 0.6 is 15.9 Å². The van der Waals surface area contributed by atoms with Crippen LogP contribution in [-0.4, -0.2) is 27.1 Å². The summed E-state index contributed by atoms with van der Waals surface area (Å²) in [6, 6.07) is 33.8. The van der Waals surface area contributed by atoms with Crippen LogP contribution in [0.3, 0.4) is 0 Å². The van der Waals surface area contributed by atoms with Crippen LogP contribution < -0.4 is 0 Å². The smallest absolute Gasteiger partial charge is 0.214 e. The van der Waals surface area contributed by atoms with Crippen molar-refractivity contribution in [3.05, 3.63) is 148 Å². The lowest BCUT2D eigenvalue weighted by atomic mass is 9.94. The molecule has 1 aromatic heterocycles. The number of aromatic nitrogens is 2. The van der Waals surface area contributed by atoms with E-state index < -0.39 is 5.78 Å². The third kappa shape index (κ3) is 5.10. The van der Waals surface area contributed by atoms with Gasteiger partial charge in [-0.3, -0.25) is 19.1 Å². The van der Waals surface area contributed by atoms with Gasteiger partial charge in [0.05, 0.1) is 11.3 Å². The van der Waals surface area contributed by atoms with Crippen molar-refractivity contribution in [1.29, 1.82) is 0 Å². The normalized spacial score (nSPS) is 10.7. The maximum absolute atomic E-state index is 13.9. The molecule has 0 N–H and O–H groups in total. The fourth-order valence-corrected chi connectivity index (χ4v) is 4.43. The average Bonchev–Trinajstić information content (AvgIpc) is 3.33. The van der Waals surface area contributed by atoms with E-state index >= 15 is 0 Å². The van der Waals surface area contributed by atoms with E-state index in [4.69, 9.17) is 0 Å². The number of halogens is 1. The molecule has 0 atom stereocenters. The third-order valence-electron chi connectivity index (χ3n) is 5.97. The number of carbonyl (C=O) groups excluding carboxylic acids is 3. The molecule has 0 fully saturated rings. The molecule has 0 saturated carbocycles. The molecule has 0 unspecified atom stereocenters. The van der Waals surface area contributed by atoms with Crippen LogP contribution in [0.1, 0.15) is 42.3 Å². The predicted octanol–water partition coefficient (Wildman–Crippen LogP) is 6.66. The molecule has 6 heteroatoms. The Kier molecular flexibility index (Phi) is 7.01. The number of hydrogen-bond acceptors (Lipinski definition) is 4. The van der Waals surface area contributed by atoms with Gasteiger partial charge in [0.1, 0.15) is 12.2 Å². The molecular weight excluding hydrogens is 528 g/mol. The quantitative estimate of drug-likeness (QED) is 0.203. The summed E-state index contributed by atoms with van der Waals surface area (Å²) in [7, 11) is 0. The van der Waals surface area contributed by atoms with Crippen LogP contribution in [0.4, 0.5) is 0 Å². The molecular formula is C31H21BrN2O3. The van der Waals surface area contributed by atoms with Crippen molar-refractivity contribution in [2.75, 3.05) is 0 Å². The zero-order valence-electron chi connectivity index (χ0n) is 19.7. The van der Waals surface area contributed by atoms with E-state index in [1.54, 1.807) is 72.8 Å². The van der Waals surface area contributed by atoms with Gasteiger partial charge in [-0.25, -0.2) is 0 Å². The molecule has 37 heavy (non-hydrogen) atoms. The van der Waals surface area contributed by atoms with Gasteiger partial charge in [-0.2, -0.15) is 5.10 Å². The standard InChI is InChI=1S/C31H21BrN2O3/c32-25-18-16-24(17-19-25)31(37)28-27(30(36)23-14-8-3-9-15-23)29(22-12-6-2-7-13-22)34(33-28)20-26(35)21-10-4-1-5-11-21/h1-19H,20H2. The van der Waals surface area contributed by atoms with Crippen LogP contribution in [0.25, 0.3) is 11.3 Å². The van der Waals surface area contributed by atoms with Crippen molar-refractivity contribution < 1.29 is 14.4 Å². The molecule has 0 amide bonds. The van der Waals surface area contributed by atoms with Gasteiger partial charge in [0.25, 0.3) is 0 Å². The van der Waals surface area contributed by atoms with Gasteiger partial charge in [0.15, 0.2) is 11.6 Å². The van der Waals surface area contributed by atoms with Crippen LogP contribution in [-0.2, 0) is 6.54 Å². The SMILES string of the molecule is O=C(Cn1nc(C(=O)c2ccc(Br)cc2)c(C(=O)c2ccccc2)c1-c1ccccc1)c1ccccc1. The van der Waals surface area contributed by atoms with E-state index in [1.165, 1.54) is 4.68 Å². The lowest BCUT2D eigenvalue weighted by molar-refractivity contribution is 0.0963. The molecule has 0 aliphatic rings. The van der Waals surface area contributed by atoms with Crippen LogP contribution in [0.5, 0.6) is 0 Å². The highest BCUT2D eigenvalue weighted by Crippen LogP contribution is 2.31. The maximum atomic E-state index is 13.9. The van der Waals surface area contributed by atoms with E-state index in [0.717, 1.165) is 4.47 Å². The van der Waals surface area contributed by atoms with E-state index in [0.29, 0.717) is 27.9 Å². The second-order valence-electron chi connectivity index (χ2n) is 8.42. The summed E-state index contributed by atoms with van der Waals surface area (Å²) in [6.45, 7) is -0.128. The zero-order valence-corrected chi connectivity index (χ0v) is 21.3. The first-order valence-corrected chi connectivity index (χ1v) is 12.5. The van der Waals surface area contributed by atoms with E-state index in [9.17, 15) is 14.4 Å². The Labute approximate surface area is 222 Å². The summed E-state index contributed by atoms with van der Waals surface area (Å²) in [5, 5.41) is 4.61. The number of nitrogens with zero attached hydrogens (tertiary/aromatic N) is 2. The molecule has 0 radical (unpaired) electrons. The van der Waals surface area contributed by atoms with Crippen LogP contribution in [0.15, 0.2) is 120 Å². The fraction of sp³-hybridized carbons (Fsp3) is 0.0323. The van der Waals surface area contributed by atoms with E-state index in [2.05, 4.69) is 21.0 Å². The lowest BCUT2D eigenvalue weighted by Crippen LogP contribution is -2.14. The molecule has 0 bridgehead atoms. The van der Waals surface area contributed by atoms with Gasteiger partial charge >= 0.3 is 0 Å². The maximum Gasteiger partial charge on any atom is 0.214 e. The Morgan fingerprint density at radius 1 is 0.622 bits per heavy atom. The number of rotatable bonds is 8. The predicted molar refractivity (Wildman–Crippen MR) is 146 cm³/mol. The number of benzene rings is 4. The Hall–Kier alpha value is -4.42. The molecule has 5 nitrogen and oxygen atoms in total. The molecule has 5 rings (SSSR count). The van der Waals surface area contributed by atoms with Crippen molar-refractivity contribution in [3.8, 4) is 11.3 Å². The van der Waals surface area contributed by atoms with Crippen molar-refractivity contribution >= 4 is 33.3 Å². The Morgan fingerprint density at radius 2 is 1.14 bits per heavy atom. The number of hydrogen-bond donors (Lipinski definition) is 0. The lowest BCUT2D eigenvalue weighted by Gasteiger charge is -2.10. The number of Topliss-reactive ketones (excluding diaryl/α,β-unsaturated/α-hetero) is 1. The van der Waals surface area contributed by atoms with Crippen molar-refractivity contribution in [2.45, 2.75) is 6.54 Å². The molecule has 0 aliphatic carbocycles. The summed E-state index contributed by atoms with van der Waals surface area (Å²) in [6.07, 6.45) is 0. The first-order chi connectivity index (χ1) is 18.0. The third-order valence-corrected chi connectivity index (χ3v) is 6.50. The van der Waals surface area contributed by atoms with Gasteiger partial charge in [0.2, 0.25) is 5.78 Å². The van der Waals surface area contributed by atoms with E-state index in [-0.39, 0.29) is 29.4 Å². The van der Waals surface area contributed by atoms with Gasteiger partial charge in [-0.05, 0) is 24.3 Å². The zero-order chi connectivity index (χ0) is 25.8. The first kappa shape index (κ1) is 24.3. The van der Waals surface area contributed by atoms with Gasteiger partial charge in [-0.15, -0.1) is 0 Å². The summed E-state index contributed by atoms with van der Waals surface area (Å²) in [5.41, 5.74) is 2.64. The molecule has 0 spiro atoms. The van der Waals surface area contributed by atoms with Gasteiger partial charge in [-0.1, -0.05) is 107 Å². The van der Waals surface area contributed by atoms with Crippen molar-refractivity contribution in [1.82, 2.24) is 9.78 Å². The second kappa shape index (κ2) is 10.7. The molecule has 4 aromatic carbocycles. The monoisotopic (exact) mass is 548 g/mol. The van der Waals surface area contributed by atoms with Gasteiger partial charge in [0, 0.05) is 26.7 Å². The minimum atomic E-state index is -0.394. The van der Waals surface area contributed by atoms with Gasteiger partial charge < -0.3 is 0 Å². The molecule has 0 aliphatic heterocycles. The molecule has 1 heterocycles. The molecule has 180 valence electrons. The minimum absolute atomic E-state index is 0.0101. The highest BCUT2D eigenvalue weighted by atomic mass is 79.9. The van der Waals surface area contributed by atoms with E-state index in [1.807, 2.05) is 42.5 Å². The molecule has 5 aromatic rings. The van der Waals surface area contributed by atoms with Crippen molar-refractivity contribution in [3.63, 3.8) is 0 Å².